The van der Waals surface area contributed by atoms with Crippen LogP contribution in [0.3, 0.4) is 0 Å². The van der Waals surface area contributed by atoms with Gasteiger partial charge in [0, 0.05) is 19.3 Å². The van der Waals surface area contributed by atoms with E-state index in [1.165, 1.54) is 141 Å². The maximum absolute atomic E-state index is 12.8. The van der Waals surface area contributed by atoms with Crippen molar-refractivity contribution in [3.8, 4) is 0 Å². The Balaban J connectivity index is 4.33. The molecule has 0 aliphatic heterocycles. The van der Waals surface area contributed by atoms with Gasteiger partial charge in [0.2, 0.25) is 0 Å². The first-order valence-corrected chi connectivity index (χ1v) is 26.6. The van der Waals surface area contributed by atoms with Crippen LogP contribution in [0.25, 0.3) is 0 Å². The zero-order chi connectivity index (χ0) is 45.1. The number of ether oxygens (including phenoxy) is 3. The summed E-state index contributed by atoms with van der Waals surface area (Å²) in [4.78, 5) is 38.0. The Hall–Kier alpha value is -2.63. The molecule has 0 spiro atoms. The van der Waals surface area contributed by atoms with Gasteiger partial charge in [-0.25, -0.2) is 0 Å². The SMILES string of the molecule is CC/C=C\C/C=C\C/C=C\CCCCCC(=O)OC(COC(=O)CCCCCCC/C=C\CCCCC)COC(=O)CCCCCCCCCCCCCCCCCCCCC. The van der Waals surface area contributed by atoms with E-state index < -0.39 is 6.10 Å². The van der Waals surface area contributed by atoms with Crippen LogP contribution in [-0.2, 0) is 28.6 Å². The van der Waals surface area contributed by atoms with Gasteiger partial charge in [-0.2, -0.15) is 0 Å². The highest BCUT2D eigenvalue weighted by Gasteiger charge is 2.19. The van der Waals surface area contributed by atoms with Gasteiger partial charge in [0.25, 0.3) is 0 Å². The van der Waals surface area contributed by atoms with Crippen LogP contribution in [0.1, 0.15) is 271 Å². The summed E-state index contributed by atoms with van der Waals surface area (Å²) in [5.74, 6) is -0.916. The highest BCUT2D eigenvalue weighted by molar-refractivity contribution is 5.71. The average Bonchev–Trinajstić information content (AvgIpc) is 3.27. The van der Waals surface area contributed by atoms with Crippen molar-refractivity contribution in [1.82, 2.24) is 0 Å². The summed E-state index contributed by atoms with van der Waals surface area (Å²) in [6, 6.07) is 0. The smallest absolute Gasteiger partial charge is 0.306 e. The van der Waals surface area contributed by atoms with Crippen molar-refractivity contribution in [2.45, 2.75) is 277 Å². The minimum atomic E-state index is -0.788. The number of carbonyl (C=O) groups is 3. The molecule has 0 aromatic heterocycles. The molecule has 0 radical (unpaired) electrons. The van der Waals surface area contributed by atoms with Crippen molar-refractivity contribution in [3.63, 3.8) is 0 Å². The second kappa shape index (κ2) is 51.0. The molecule has 6 heteroatoms. The van der Waals surface area contributed by atoms with Gasteiger partial charge < -0.3 is 14.2 Å². The summed E-state index contributed by atoms with van der Waals surface area (Å²) in [5, 5.41) is 0. The molecule has 0 amide bonds. The van der Waals surface area contributed by atoms with E-state index in [-0.39, 0.29) is 31.1 Å². The lowest BCUT2D eigenvalue weighted by Crippen LogP contribution is -2.30. The van der Waals surface area contributed by atoms with E-state index in [1.807, 2.05) is 0 Å². The van der Waals surface area contributed by atoms with Crippen molar-refractivity contribution < 1.29 is 28.6 Å². The number of carbonyl (C=O) groups excluding carboxylic acids is 3. The van der Waals surface area contributed by atoms with E-state index in [9.17, 15) is 14.4 Å². The largest absolute Gasteiger partial charge is 0.462 e. The Morgan fingerprint density at radius 1 is 0.339 bits per heavy atom. The molecule has 62 heavy (non-hydrogen) atoms. The Morgan fingerprint density at radius 2 is 0.629 bits per heavy atom. The standard InChI is InChI=1S/C56H100O6/c1-4-7-10-13-16-19-22-25-26-27-28-29-30-32-34-37-40-43-46-49-55(58)61-52-53(51-60-54(57)48-45-42-39-36-33-24-21-18-15-12-9-6-3)62-56(59)50-47-44-41-38-35-31-23-20-17-14-11-8-5-2/h8,11,17-18,20-21,31,35,53H,4-7,9-10,12-16,19,22-30,32-34,36-52H2,1-3H3/b11-8-,20-17-,21-18-,35-31-. The Bertz CT molecular complexity index is 1090. The quantitative estimate of drug-likeness (QED) is 0.0262. The molecule has 0 rings (SSSR count). The first-order valence-electron chi connectivity index (χ1n) is 26.6. The minimum absolute atomic E-state index is 0.0852. The monoisotopic (exact) mass is 869 g/mol. The second-order valence-electron chi connectivity index (χ2n) is 17.8. The van der Waals surface area contributed by atoms with E-state index >= 15 is 0 Å². The van der Waals surface area contributed by atoms with E-state index in [0.717, 1.165) is 89.9 Å². The average molecular weight is 869 g/mol. The number of allylic oxidation sites excluding steroid dienone is 8. The third kappa shape index (κ3) is 48.4. The van der Waals surface area contributed by atoms with Crippen LogP contribution in [0, 0.1) is 0 Å². The minimum Gasteiger partial charge on any atom is -0.462 e. The van der Waals surface area contributed by atoms with Gasteiger partial charge in [-0.15, -0.1) is 0 Å². The number of hydrogen-bond acceptors (Lipinski definition) is 6. The molecule has 0 heterocycles. The molecule has 0 N–H and O–H groups in total. The number of esters is 3. The van der Waals surface area contributed by atoms with E-state index in [2.05, 4.69) is 69.4 Å². The maximum atomic E-state index is 12.8. The molecule has 1 atom stereocenters. The van der Waals surface area contributed by atoms with Crippen molar-refractivity contribution in [2.24, 2.45) is 0 Å². The molecule has 0 saturated heterocycles. The zero-order valence-electron chi connectivity index (χ0n) is 41.1. The van der Waals surface area contributed by atoms with Crippen LogP contribution in [0.2, 0.25) is 0 Å². The van der Waals surface area contributed by atoms with Gasteiger partial charge in [0.1, 0.15) is 13.2 Å². The van der Waals surface area contributed by atoms with Gasteiger partial charge >= 0.3 is 17.9 Å². The molecule has 6 nitrogen and oxygen atoms in total. The summed E-state index contributed by atoms with van der Waals surface area (Å²) in [6.45, 7) is 6.49. The fraction of sp³-hybridized carbons (Fsp3) is 0.804. The molecule has 0 bridgehead atoms. The summed E-state index contributed by atoms with van der Waals surface area (Å²) >= 11 is 0. The van der Waals surface area contributed by atoms with Gasteiger partial charge in [-0.1, -0.05) is 223 Å². The molecule has 0 aromatic rings. The molecule has 1 unspecified atom stereocenters. The van der Waals surface area contributed by atoms with Crippen LogP contribution in [0.5, 0.6) is 0 Å². The Kier molecular flexibility index (Phi) is 48.8. The third-order valence-corrected chi connectivity index (χ3v) is 11.6. The molecular formula is C56H100O6. The predicted molar refractivity (Wildman–Crippen MR) is 265 cm³/mol. The fourth-order valence-corrected chi connectivity index (χ4v) is 7.57. The van der Waals surface area contributed by atoms with E-state index in [0.29, 0.717) is 19.3 Å². The lowest BCUT2D eigenvalue weighted by molar-refractivity contribution is -0.167. The molecular weight excluding hydrogens is 769 g/mol. The highest BCUT2D eigenvalue weighted by atomic mass is 16.6. The summed E-state index contributed by atoms with van der Waals surface area (Å²) < 4.78 is 16.8. The Morgan fingerprint density at radius 3 is 1.05 bits per heavy atom. The topological polar surface area (TPSA) is 78.9 Å². The van der Waals surface area contributed by atoms with Crippen molar-refractivity contribution in [1.29, 1.82) is 0 Å². The number of rotatable bonds is 48. The van der Waals surface area contributed by atoms with Crippen molar-refractivity contribution >= 4 is 17.9 Å². The lowest BCUT2D eigenvalue weighted by atomic mass is 10.0. The second-order valence-corrected chi connectivity index (χ2v) is 17.8. The lowest BCUT2D eigenvalue weighted by Gasteiger charge is -2.18. The zero-order valence-corrected chi connectivity index (χ0v) is 41.1. The third-order valence-electron chi connectivity index (χ3n) is 11.6. The molecule has 0 saturated carbocycles. The Labute approximate surface area is 384 Å². The molecule has 0 aliphatic rings. The normalized spacial score (nSPS) is 12.4. The van der Waals surface area contributed by atoms with Crippen molar-refractivity contribution in [2.75, 3.05) is 13.2 Å². The number of hydrogen-bond donors (Lipinski definition) is 0. The molecule has 0 aliphatic carbocycles. The van der Waals surface area contributed by atoms with Crippen LogP contribution in [0.4, 0.5) is 0 Å². The summed E-state index contributed by atoms with van der Waals surface area (Å²) in [7, 11) is 0. The number of unbranched alkanes of at least 4 members (excludes halogenated alkanes) is 29. The first kappa shape index (κ1) is 59.4. The van der Waals surface area contributed by atoms with E-state index in [4.69, 9.17) is 14.2 Å². The van der Waals surface area contributed by atoms with E-state index in [1.54, 1.807) is 0 Å². The van der Waals surface area contributed by atoms with Crippen LogP contribution >= 0.6 is 0 Å². The van der Waals surface area contributed by atoms with Gasteiger partial charge in [0.05, 0.1) is 0 Å². The van der Waals surface area contributed by atoms with Crippen molar-refractivity contribution in [3.05, 3.63) is 48.6 Å². The molecule has 0 aromatic carbocycles. The van der Waals surface area contributed by atoms with Crippen LogP contribution in [-0.4, -0.2) is 37.2 Å². The van der Waals surface area contributed by atoms with Crippen LogP contribution < -0.4 is 0 Å². The maximum Gasteiger partial charge on any atom is 0.306 e. The fourth-order valence-electron chi connectivity index (χ4n) is 7.57. The highest BCUT2D eigenvalue weighted by Crippen LogP contribution is 2.16. The first-order chi connectivity index (χ1) is 30.5. The molecule has 0 fully saturated rings. The van der Waals surface area contributed by atoms with Crippen LogP contribution in [0.15, 0.2) is 48.6 Å². The summed E-state index contributed by atoms with van der Waals surface area (Å²) in [6.07, 6.45) is 61.0. The predicted octanol–water partition coefficient (Wildman–Crippen LogP) is 17.5. The molecule has 360 valence electrons. The van der Waals surface area contributed by atoms with Gasteiger partial charge in [-0.3, -0.25) is 14.4 Å². The summed E-state index contributed by atoms with van der Waals surface area (Å²) in [5.41, 5.74) is 0. The van der Waals surface area contributed by atoms with Gasteiger partial charge in [0.15, 0.2) is 6.10 Å². The van der Waals surface area contributed by atoms with Gasteiger partial charge in [-0.05, 0) is 77.0 Å².